The summed E-state index contributed by atoms with van der Waals surface area (Å²) in [6, 6.07) is 1.67. The number of carboxylic acids is 1. The molecule has 2 N–H and O–H groups in total. The highest BCUT2D eigenvalue weighted by molar-refractivity contribution is 6.32. The molecule has 0 aromatic heterocycles. The van der Waals surface area contributed by atoms with Gasteiger partial charge in [0.25, 0.3) is 0 Å². The molecule has 1 aromatic rings. The molecule has 0 bridgehead atoms. The minimum atomic E-state index is -0.925. The van der Waals surface area contributed by atoms with Crippen LogP contribution in [0.1, 0.15) is 25.0 Å². The highest BCUT2D eigenvalue weighted by Gasteiger charge is 2.21. The fourth-order valence-electron chi connectivity index (χ4n) is 1.73. The van der Waals surface area contributed by atoms with Crippen molar-refractivity contribution in [2.24, 2.45) is 5.92 Å². The zero-order chi connectivity index (χ0) is 13.9. The van der Waals surface area contributed by atoms with Gasteiger partial charge in [-0.05, 0) is 24.5 Å². The Morgan fingerprint density at radius 3 is 2.61 bits per heavy atom. The molecule has 0 aliphatic rings. The molecule has 0 heterocycles. The Bertz CT molecular complexity index is 429. The van der Waals surface area contributed by atoms with Crippen molar-refractivity contribution in [3.05, 3.63) is 22.2 Å². The van der Waals surface area contributed by atoms with Gasteiger partial charge in [-0.2, -0.15) is 0 Å². The summed E-state index contributed by atoms with van der Waals surface area (Å²) < 4.78 is 5.07. The van der Waals surface area contributed by atoms with E-state index in [9.17, 15) is 9.90 Å². The van der Waals surface area contributed by atoms with Gasteiger partial charge in [0.15, 0.2) is 11.5 Å². The molecular weight excluding hydrogens is 256 g/mol. The highest BCUT2D eigenvalue weighted by atomic mass is 35.5. The zero-order valence-electron chi connectivity index (χ0n) is 10.7. The summed E-state index contributed by atoms with van der Waals surface area (Å²) in [5, 5.41) is 19.4. The van der Waals surface area contributed by atoms with Crippen molar-refractivity contribution in [3.8, 4) is 11.5 Å². The molecule has 4 nitrogen and oxygen atoms in total. The zero-order valence-corrected chi connectivity index (χ0v) is 11.4. The Kier molecular flexibility index (Phi) is 4.84. The Morgan fingerprint density at radius 2 is 2.17 bits per heavy atom. The molecule has 0 saturated heterocycles. The first-order valence-corrected chi connectivity index (χ1v) is 6.10. The number of benzene rings is 1. The monoisotopic (exact) mass is 272 g/mol. The number of hydrogen-bond donors (Lipinski definition) is 2. The summed E-state index contributed by atoms with van der Waals surface area (Å²) >= 11 is 6.18. The molecule has 0 radical (unpaired) electrons. The average molecular weight is 273 g/mol. The second-order valence-electron chi connectivity index (χ2n) is 4.18. The van der Waals surface area contributed by atoms with Crippen molar-refractivity contribution in [2.45, 2.75) is 26.7 Å². The van der Waals surface area contributed by atoms with Crippen LogP contribution in [-0.2, 0) is 17.6 Å². The van der Waals surface area contributed by atoms with Crippen molar-refractivity contribution < 1.29 is 19.7 Å². The van der Waals surface area contributed by atoms with E-state index in [1.807, 2.05) is 6.92 Å². The van der Waals surface area contributed by atoms with Crippen molar-refractivity contribution in [3.63, 3.8) is 0 Å². The van der Waals surface area contributed by atoms with Crippen molar-refractivity contribution in [1.82, 2.24) is 0 Å². The van der Waals surface area contributed by atoms with Gasteiger partial charge in [0.1, 0.15) is 0 Å². The van der Waals surface area contributed by atoms with Crippen LogP contribution in [0, 0.1) is 5.92 Å². The maximum Gasteiger partial charge on any atom is 0.306 e. The fraction of sp³-hybridized carbons (Fsp3) is 0.462. The normalized spacial score (nSPS) is 12.2. The third-order valence-corrected chi connectivity index (χ3v) is 3.37. The Morgan fingerprint density at radius 1 is 1.56 bits per heavy atom. The molecular formula is C13H17ClO4. The van der Waals surface area contributed by atoms with Gasteiger partial charge in [-0.15, -0.1) is 0 Å². The molecule has 0 aliphatic heterocycles. The van der Waals surface area contributed by atoms with Crippen LogP contribution in [0.5, 0.6) is 11.5 Å². The predicted octanol–water partition coefficient (Wildman–Crippen LogP) is 2.88. The van der Waals surface area contributed by atoms with Crippen LogP contribution in [0.15, 0.2) is 6.07 Å². The second kappa shape index (κ2) is 5.96. The Labute approximate surface area is 111 Å². The van der Waals surface area contributed by atoms with Gasteiger partial charge >= 0.3 is 5.97 Å². The van der Waals surface area contributed by atoms with E-state index in [-0.39, 0.29) is 12.2 Å². The van der Waals surface area contributed by atoms with E-state index in [1.54, 1.807) is 13.0 Å². The lowest BCUT2D eigenvalue weighted by molar-refractivity contribution is -0.141. The summed E-state index contributed by atoms with van der Waals surface area (Å²) in [4.78, 5) is 10.9. The molecule has 0 spiro atoms. The third kappa shape index (κ3) is 2.88. The van der Waals surface area contributed by atoms with Crippen molar-refractivity contribution in [1.29, 1.82) is 0 Å². The minimum Gasteiger partial charge on any atom is -0.504 e. The molecule has 0 saturated carbocycles. The van der Waals surface area contributed by atoms with Gasteiger partial charge in [0.2, 0.25) is 0 Å². The summed E-state index contributed by atoms with van der Waals surface area (Å²) in [5.41, 5.74) is 1.27. The van der Waals surface area contributed by atoms with Crippen LogP contribution >= 0.6 is 11.6 Å². The van der Waals surface area contributed by atoms with Gasteiger partial charge in [-0.25, -0.2) is 0 Å². The molecule has 18 heavy (non-hydrogen) atoms. The van der Waals surface area contributed by atoms with E-state index in [4.69, 9.17) is 21.4 Å². The lowest BCUT2D eigenvalue weighted by Gasteiger charge is -2.16. The molecule has 5 heteroatoms. The van der Waals surface area contributed by atoms with E-state index in [0.717, 1.165) is 5.56 Å². The molecule has 100 valence electrons. The predicted molar refractivity (Wildman–Crippen MR) is 69.6 cm³/mol. The van der Waals surface area contributed by atoms with E-state index in [2.05, 4.69) is 0 Å². The maximum atomic E-state index is 10.9. The lowest BCUT2D eigenvalue weighted by atomic mass is 9.97. The largest absolute Gasteiger partial charge is 0.504 e. The topological polar surface area (TPSA) is 66.8 Å². The average Bonchev–Trinajstić information content (AvgIpc) is 2.34. The number of hydrogen-bond acceptors (Lipinski definition) is 3. The van der Waals surface area contributed by atoms with E-state index >= 15 is 0 Å². The van der Waals surface area contributed by atoms with Crippen LogP contribution in [0.25, 0.3) is 0 Å². The molecule has 1 unspecified atom stereocenters. The first-order chi connectivity index (χ1) is 8.42. The number of phenols is 1. The number of halogens is 1. The lowest BCUT2D eigenvalue weighted by Crippen LogP contribution is -2.13. The summed E-state index contributed by atoms with van der Waals surface area (Å²) in [6.07, 6.45) is 0.855. The summed E-state index contributed by atoms with van der Waals surface area (Å²) in [5.74, 6) is -1.30. The standard InChI is InChI=1S/C13H17ClO4/c1-4-8-6-10(18-3)12(15)9(11(8)14)5-7(2)13(16)17/h6-7,15H,4-5H2,1-3H3,(H,16,17). The minimum absolute atomic E-state index is 0.0761. The maximum absolute atomic E-state index is 10.9. The first-order valence-electron chi connectivity index (χ1n) is 5.72. The number of ether oxygens (including phenoxy) is 1. The molecule has 0 aliphatic carbocycles. The van der Waals surface area contributed by atoms with Crippen molar-refractivity contribution >= 4 is 17.6 Å². The smallest absolute Gasteiger partial charge is 0.306 e. The van der Waals surface area contributed by atoms with Gasteiger partial charge in [0.05, 0.1) is 18.1 Å². The molecule has 1 atom stereocenters. The van der Waals surface area contributed by atoms with Gasteiger partial charge < -0.3 is 14.9 Å². The van der Waals surface area contributed by atoms with Crippen molar-refractivity contribution in [2.75, 3.05) is 7.11 Å². The summed E-state index contributed by atoms with van der Waals surface area (Å²) in [6.45, 7) is 3.51. The number of phenolic OH excluding ortho intramolecular Hbond substituents is 1. The molecule has 1 aromatic carbocycles. The van der Waals surface area contributed by atoms with Crippen LogP contribution in [0.4, 0.5) is 0 Å². The quantitative estimate of drug-likeness (QED) is 0.865. The number of carboxylic acid groups (broad SMARTS) is 1. The fourth-order valence-corrected chi connectivity index (χ4v) is 2.08. The van der Waals surface area contributed by atoms with Gasteiger partial charge in [-0.3, -0.25) is 4.79 Å². The first kappa shape index (κ1) is 14.6. The van der Waals surface area contributed by atoms with Crippen LogP contribution in [0.3, 0.4) is 0 Å². The number of aliphatic carboxylic acids is 1. The van der Waals surface area contributed by atoms with Gasteiger partial charge in [-0.1, -0.05) is 25.4 Å². The van der Waals surface area contributed by atoms with E-state index < -0.39 is 11.9 Å². The van der Waals surface area contributed by atoms with E-state index in [1.165, 1.54) is 7.11 Å². The third-order valence-electron chi connectivity index (χ3n) is 2.90. The van der Waals surface area contributed by atoms with E-state index in [0.29, 0.717) is 22.8 Å². The number of aromatic hydroxyl groups is 1. The number of rotatable bonds is 5. The number of carbonyl (C=O) groups is 1. The van der Waals surface area contributed by atoms with Crippen LogP contribution in [0.2, 0.25) is 5.02 Å². The molecule has 1 rings (SSSR count). The number of methoxy groups -OCH3 is 1. The summed E-state index contributed by atoms with van der Waals surface area (Å²) in [7, 11) is 1.45. The Balaban J connectivity index is 3.27. The van der Waals surface area contributed by atoms with Crippen LogP contribution in [-0.4, -0.2) is 23.3 Å². The second-order valence-corrected chi connectivity index (χ2v) is 4.55. The van der Waals surface area contributed by atoms with Gasteiger partial charge in [0, 0.05) is 5.56 Å². The SMILES string of the molecule is CCc1cc(OC)c(O)c(CC(C)C(=O)O)c1Cl. The highest BCUT2D eigenvalue weighted by Crippen LogP contribution is 2.39. The number of aryl methyl sites for hydroxylation is 1. The molecule has 0 amide bonds. The van der Waals surface area contributed by atoms with Crippen LogP contribution < -0.4 is 4.74 Å². The Hall–Kier alpha value is -1.42. The molecule has 0 fully saturated rings.